The normalized spacial score (nSPS) is 39.0. The van der Waals surface area contributed by atoms with Gasteiger partial charge in [0.2, 0.25) is 6.29 Å². The van der Waals surface area contributed by atoms with Crippen LogP contribution in [0.5, 0.6) is 0 Å². The van der Waals surface area contributed by atoms with Gasteiger partial charge in [-0.3, -0.25) is 14.4 Å². The van der Waals surface area contributed by atoms with Gasteiger partial charge in [0.15, 0.2) is 24.6 Å². The third kappa shape index (κ3) is 9.05. The van der Waals surface area contributed by atoms with Crippen LogP contribution in [-0.4, -0.2) is 130 Å². The van der Waals surface area contributed by atoms with Gasteiger partial charge >= 0.3 is 41.6 Å². The molecule has 0 amide bonds. The number of hydrogen-bond donors (Lipinski definition) is 2. The summed E-state index contributed by atoms with van der Waals surface area (Å²) in [5, 5.41) is 22.1. The zero-order chi connectivity index (χ0) is 49.9. The average Bonchev–Trinajstić information content (AvgIpc) is 3.25. The number of fused-ring (bicyclic) bond motifs is 7. The zero-order valence-electron chi connectivity index (χ0n) is 41.6. The Hall–Kier alpha value is -3.68. The first kappa shape index (κ1) is 52.7. The molecule has 1 saturated heterocycles. The highest BCUT2D eigenvalue weighted by atomic mass is 16.8. The Morgan fingerprint density at radius 2 is 1.40 bits per heavy atom. The Morgan fingerprint density at radius 1 is 0.761 bits per heavy atom. The summed E-state index contributed by atoms with van der Waals surface area (Å²) in [6, 6.07) is 0. The molecule has 6 aliphatic rings. The predicted molar refractivity (Wildman–Crippen MR) is 234 cm³/mol. The lowest BCUT2D eigenvalue weighted by molar-refractivity contribution is -0.370. The van der Waals surface area contributed by atoms with Crippen LogP contribution in [0.1, 0.15) is 127 Å². The monoisotopic (exact) mass is 950 g/mol. The molecule has 6 rings (SSSR count). The zero-order valence-corrected chi connectivity index (χ0v) is 41.6. The molecule has 2 N–H and O–H groups in total. The van der Waals surface area contributed by atoms with Crippen molar-refractivity contribution in [1.29, 1.82) is 0 Å². The minimum Gasteiger partial charge on any atom is -0.469 e. The maximum absolute atomic E-state index is 13.8. The number of carbonyl (C=O) groups excluding carboxylic acids is 6. The molecule has 0 aromatic rings. The molecule has 1 unspecified atom stereocenters. The molecular formula is C49H74O18. The van der Waals surface area contributed by atoms with Crippen LogP contribution in [0.2, 0.25) is 0 Å². The molecule has 14 atom stereocenters. The quantitative estimate of drug-likeness (QED) is 0.0824. The van der Waals surface area contributed by atoms with E-state index in [0.29, 0.717) is 6.42 Å². The largest absolute Gasteiger partial charge is 0.469 e. The Kier molecular flexibility index (Phi) is 14.9. The van der Waals surface area contributed by atoms with Crippen LogP contribution >= 0.6 is 0 Å². The van der Waals surface area contributed by atoms with Crippen LogP contribution in [0.15, 0.2) is 11.6 Å². The van der Waals surface area contributed by atoms with E-state index in [-0.39, 0.29) is 45.4 Å². The summed E-state index contributed by atoms with van der Waals surface area (Å²) in [5.74, 6) is -8.81. The molecule has 1 heterocycles. The van der Waals surface area contributed by atoms with Gasteiger partial charge in [0.05, 0.1) is 40.0 Å². The topological polar surface area (TPSA) is 235 Å². The summed E-state index contributed by atoms with van der Waals surface area (Å²) >= 11 is 0. The first-order valence-electron chi connectivity index (χ1n) is 23.5. The van der Waals surface area contributed by atoms with Crippen molar-refractivity contribution in [2.45, 2.75) is 175 Å². The Bertz CT molecular complexity index is 1960. The van der Waals surface area contributed by atoms with Gasteiger partial charge in [-0.05, 0) is 109 Å². The number of hydrogen-bond acceptors (Lipinski definition) is 18. The minimum atomic E-state index is -3.63. The summed E-state index contributed by atoms with van der Waals surface area (Å²) in [5.41, 5.74) is 0.0264. The molecular weight excluding hydrogens is 877 g/mol. The first-order valence-corrected chi connectivity index (χ1v) is 23.5. The van der Waals surface area contributed by atoms with Crippen LogP contribution in [0.25, 0.3) is 0 Å². The molecule has 18 nitrogen and oxygen atoms in total. The molecule has 0 bridgehead atoms. The number of ether oxygens (including phenoxy) is 10. The fraction of sp³-hybridized carbons (Fsp3) is 0.837. The highest BCUT2D eigenvalue weighted by molar-refractivity contribution is 5.79. The fourth-order valence-corrected chi connectivity index (χ4v) is 14.1. The lowest BCUT2D eigenvalue weighted by Crippen LogP contribution is -2.68. The predicted octanol–water partition coefficient (Wildman–Crippen LogP) is 4.86. The van der Waals surface area contributed by atoms with E-state index < -0.39 is 96.2 Å². The third-order valence-electron chi connectivity index (χ3n) is 17.7. The summed E-state index contributed by atoms with van der Waals surface area (Å²) in [6.45, 7) is 17.3. The van der Waals surface area contributed by atoms with Gasteiger partial charge in [-0.2, -0.15) is 0 Å². The van der Waals surface area contributed by atoms with Crippen molar-refractivity contribution in [3.8, 4) is 0 Å². The maximum atomic E-state index is 13.8. The van der Waals surface area contributed by atoms with Gasteiger partial charge in [-0.25, -0.2) is 14.4 Å². The maximum Gasteiger partial charge on any atom is 0.371 e. The highest BCUT2D eigenvalue weighted by Crippen LogP contribution is 2.76. The van der Waals surface area contributed by atoms with Crippen LogP contribution in [-0.2, 0) is 76.1 Å². The van der Waals surface area contributed by atoms with Crippen molar-refractivity contribution >= 4 is 35.8 Å². The van der Waals surface area contributed by atoms with Crippen molar-refractivity contribution in [2.75, 3.05) is 35.0 Å². The average molecular weight is 951 g/mol. The van der Waals surface area contributed by atoms with Crippen LogP contribution < -0.4 is 0 Å². The van der Waals surface area contributed by atoms with Gasteiger partial charge in [0, 0.05) is 13.8 Å². The van der Waals surface area contributed by atoms with Gasteiger partial charge in [-0.15, -0.1) is 0 Å². The van der Waals surface area contributed by atoms with Crippen LogP contribution in [0.3, 0.4) is 0 Å². The second-order valence-corrected chi connectivity index (χ2v) is 22.0. The number of aliphatic hydroxyl groups is 2. The second kappa shape index (κ2) is 18.9. The molecule has 0 aromatic carbocycles. The van der Waals surface area contributed by atoms with E-state index in [4.69, 9.17) is 37.9 Å². The highest BCUT2D eigenvalue weighted by Gasteiger charge is 2.70. The van der Waals surface area contributed by atoms with E-state index >= 15 is 0 Å². The molecule has 67 heavy (non-hydrogen) atoms. The summed E-state index contributed by atoms with van der Waals surface area (Å²) in [4.78, 5) is 77.8. The molecule has 378 valence electrons. The smallest absolute Gasteiger partial charge is 0.371 e. The lowest BCUT2D eigenvalue weighted by Gasteiger charge is -2.71. The van der Waals surface area contributed by atoms with E-state index in [0.717, 1.165) is 93.0 Å². The Balaban J connectivity index is 1.35. The van der Waals surface area contributed by atoms with E-state index in [1.54, 1.807) is 0 Å². The first-order chi connectivity index (χ1) is 31.1. The van der Waals surface area contributed by atoms with Crippen molar-refractivity contribution in [3.05, 3.63) is 11.6 Å². The Labute approximate surface area is 393 Å². The van der Waals surface area contributed by atoms with Gasteiger partial charge < -0.3 is 57.6 Å². The molecule has 1 aliphatic heterocycles. The molecule has 0 spiro atoms. The van der Waals surface area contributed by atoms with E-state index in [1.165, 1.54) is 12.7 Å². The van der Waals surface area contributed by atoms with Crippen LogP contribution in [0, 0.1) is 50.2 Å². The number of carbonyl (C=O) groups is 6. The third-order valence-corrected chi connectivity index (χ3v) is 17.7. The molecule has 4 saturated carbocycles. The number of rotatable bonds is 13. The lowest BCUT2D eigenvalue weighted by atomic mass is 9.33. The number of methoxy groups -OCH3 is 4. The van der Waals surface area contributed by atoms with Crippen molar-refractivity contribution in [1.82, 2.24) is 0 Å². The number of allylic oxidation sites excluding steroid dienone is 2. The molecule has 5 fully saturated rings. The van der Waals surface area contributed by atoms with Crippen LogP contribution in [0.4, 0.5) is 0 Å². The summed E-state index contributed by atoms with van der Waals surface area (Å²) < 4.78 is 55.6. The van der Waals surface area contributed by atoms with Crippen molar-refractivity contribution in [2.24, 2.45) is 50.2 Å². The summed E-state index contributed by atoms with van der Waals surface area (Å²) in [7, 11) is 4.47. The Morgan fingerprint density at radius 3 is 2.00 bits per heavy atom. The minimum absolute atomic E-state index is 0.0851. The van der Waals surface area contributed by atoms with E-state index in [1.807, 2.05) is 0 Å². The van der Waals surface area contributed by atoms with E-state index in [9.17, 15) is 39.0 Å². The number of esters is 6. The van der Waals surface area contributed by atoms with E-state index in [2.05, 4.69) is 64.0 Å². The standard InChI is InChI=1S/C49H74O18/c1-26(50)63-34-35(67-42(62-25-33(52)58-10)49(56,57)41(55)61-13)37(64-27(2)51)39(66-36(34)38(53)59-11)65-32-17-18-45(7)30(44(32,5)6)16-19-47(9)31(45)15-14-28-29-24-43(3,4)20-22-48(29,40(54)60-12)23-21-46(28,47)8/h14,29-32,34-37,39,42,56-57H,15-25H2,1-13H3/t29-,30?,31+,32-,34-,35-,36-,37+,39+,42+,45-,46+,47+,48-/m0/s1. The summed E-state index contributed by atoms with van der Waals surface area (Å²) in [6.07, 6.45) is -1.22. The SMILES string of the molecule is COC(=O)CO[C@H](O[C@@H]1[C@@H](OC(C)=O)[C@H](O[C@H]2CC[C@@]3(C)C(CC[C@]4(C)[C@@H]3CC=C3[C@@H]5CC(C)(C)CC[C@]5(C(=O)OC)CC[C@]34C)C2(C)C)O[C@H](C(=O)OC)[C@H]1OC(C)=O)C(O)(O)C(=O)OC. The van der Waals surface area contributed by atoms with Gasteiger partial charge in [-0.1, -0.05) is 60.1 Å². The van der Waals surface area contributed by atoms with Crippen molar-refractivity contribution in [3.63, 3.8) is 0 Å². The second-order valence-electron chi connectivity index (χ2n) is 22.0. The fourth-order valence-electron chi connectivity index (χ4n) is 14.1. The molecule has 18 heteroatoms. The van der Waals surface area contributed by atoms with Gasteiger partial charge in [0.1, 0.15) is 12.7 Å². The molecule has 5 aliphatic carbocycles. The molecule has 0 radical (unpaired) electrons. The molecule has 0 aromatic heterocycles. The van der Waals surface area contributed by atoms with Crippen molar-refractivity contribution < 1.29 is 86.3 Å². The van der Waals surface area contributed by atoms with Gasteiger partial charge in [0.25, 0.3) is 0 Å².